The van der Waals surface area contributed by atoms with Gasteiger partial charge >= 0.3 is 0 Å². The van der Waals surface area contributed by atoms with Gasteiger partial charge in [-0.15, -0.1) is 0 Å². The molecule has 6 N–H and O–H groups in total. The molecule has 1 fully saturated rings. The Morgan fingerprint density at radius 1 is 0.903 bits per heavy atom. The van der Waals surface area contributed by atoms with Gasteiger partial charge in [0.15, 0.2) is 5.43 Å². The predicted octanol–water partition coefficient (Wildman–Crippen LogP) is 0.0499. The van der Waals surface area contributed by atoms with Crippen LogP contribution in [0.4, 0.5) is 0 Å². The maximum absolute atomic E-state index is 12.8. The standard InChI is InChI=1S/C21H20O10/c22-8-16-18(26)19(27)20(28)21(31-16)30-15-6-11(24)5-14-17(15)12(25)7-13(29-14)9-1-3-10(23)4-2-9/h1-7,16,18-24,26-28H,8H2/t16-,18-,19+,20-,21+/m1/s1. The first-order chi connectivity index (χ1) is 14.8. The molecule has 2 aromatic carbocycles. The van der Waals surface area contributed by atoms with Crippen molar-refractivity contribution >= 4 is 11.0 Å². The summed E-state index contributed by atoms with van der Waals surface area (Å²) in [6, 6.07) is 9.47. The van der Waals surface area contributed by atoms with Crippen molar-refractivity contribution in [1.29, 1.82) is 0 Å². The van der Waals surface area contributed by atoms with Crippen LogP contribution in [0.5, 0.6) is 17.2 Å². The molecule has 0 radical (unpaired) electrons. The SMILES string of the molecule is O=c1cc(-c2ccc(O)cc2)oc2cc(O)cc(O[C@H]3O[C@H](CO)[C@@H](O)[C@H](O)[C@H]3O)c12. The summed E-state index contributed by atoms with van der Waals surface area (Å²) in [6.45, 7) is -0.649. The molecule has 0 amide bonds. The van der Waals surface area contributed by atoms with Gasteiger partial charge in [0, 0.05) is 23.8 Å². The summed E-state index contributed by atoms with van der Waals surface area (Å²) in [5, 5.41) is 58.8. The number of fused-ring (bicyclic) bond motifs is 1. The molecule has 0 saturated carbocycles. The minimum atomic E-state index is -1.70. The van der Waals surface area contributed by atoms with E-state index in [1.54, 1.807) is 12.1 Å². The van der Waals surface area contributed by atoms with Crippen molar-refractivity contribution in [2.75, 3.05) is 6.61 Å². The fourth-order valence-corrected chi connectivity index (χ4v) is 3.39. The average molecular weight is 432 g/mol. The molecule has 0 spiro atoms. The normalized spacial score (nSPS) is 26.1. The van der Waals surface area contributed by atoms with Gasteiger partial charge in [0.25, 0.3) is 0 Å². The first kappa shape index (κ1) is 21.1. The average Bonchev–Trinajstić information content (AvgIpc) is 2.74. The number of phenols is 2. The number of rotatable bonds is 4. The van der Waals surface area contributed by atoms with Crippen molar-refractivity contribution in [2.45, 2.75) is 30.7 Å². The van der Waals surface area contributed by atoms with Gasteiger partial charge in [0.2, 0.25) is 6.29 Å². The molecular weight excluding hydrogens is 412 g/mol. The number of hydrogen-bond acceptors (Lipinski definition) is 10. The monoisotopic (exact) mass is 432 g/mol. The quantitative estimate of drug-likeness (QED) is 0.331. The predicted molar refractivity (Wildman–Crippen MR) is 106 cm³/mol. The fraction of sp³-hybridized carbons (Fsp3) is 0.286. The van der Waals surface area contributed by atoms with Crippen LogP contribution < -0.4 is 10.2 Å². The van der Waals surface area contributed by atoms with Gasteiger partial charge in [-0.2, -0.15) is 0 Å². The van der Waals surface area contributed by atoms with Crippen molar-refractivity contribution < 1.29 is 44.5 Å². The Kier molecular flexibility index (Phi) is 5.56. The molecule has 31 heavy (non-hydrogen) atoms. The molecule has 0 unspecified atom stereocenters. The highest BCUT2D eigenvalue weighted by Gasteiger charge is 2.45. The van der Waals surface area contributed by atoms with Crippen molar-refractivity contribution in [3.63, 3.8) is 0 Å². The largest absolute Gasteiger partial charge is 0.508 e. The first-order valence-electron chi connectivity index (χ1n) is 9.36. The smallest absolute Gasteiger partial charge is 0.229 e. The van der Waals surface area contributed by atoms with E-state index in [4.69, 9.17) is 13.9 Å². The maximum atomic E-state index is 12.8. The van der Waals surface area contributed by atoms with Crippen LogP contribution in [0, 0.1) is 0 Å². The summed E-state index contributed by atoms with van der Waals surface area (Å²) in [4.78, 5) is 12.8. The Bertz CT molecular complexity index is 1140. The highest BCUT2D eigenvalue weighted by molar-refractivity contribution is 5.86. The maximum Gasteiger partial charge on any atom is 0.229 e. The van der Waals surface area contributed by atoms with E-state index in [1.165, 1.54) is 24.3 Å². The third-order valence-corrected chi connectivity index (χ3v) is 5.02. The third-order valence-electron chi connectivity index (χ3n) is 5.02. The van der Waals surface area contributed by atoms with E-state index in [-0.39, 0.29) is 34.0 Å². The minimum absolute atomic E-state index is 0.0184. The van der Waals surface area contributed by atoms with Crippen LogP contribution in [0.15, 0.2) is 51.7 Å². The molecule has 10 heteroatoms. The highest BCUT2D eigenvalue weighted by atomic mass is 16.7. The number of aromatic hydroxyl groups is 2. The second-order valence-electron chi connectivity index (χ2n) is 7.15. The Morgan fingerprint density at radius 2 is 1.61 bits per heavy atom. The van der Waals surface area contributed by atoms with Gasteiger partial charge in [-0.3, -0.25) is 4.79 Å². The van der Waals surface area contributed by atoms with E-state index in [2.05, 4.69) is 0 Å². The van der Waals surface area contributed by atoms with E-state index in [1.807, 2.05) is 0 Å². The van der Waals surface area contributed by atoms with Crippen LogP contribution in [0.25, 0.3) is 22.3 Å². The Hall–Kier alpha value is -3.15. The van der Waals surface area contributed by atoms with Crippen LogP contribution >= 0.6 is 0 Å². The fourth-order valence-electron chi connectivity index (χ4n) is 3.39. The zero-order valence-corrected chi connectivity index (χ0v) is 16.0. The minimum Gasteiger partial charge on any atom is -0.508 e. The van der Waals surface area contributed by atoms with Crippen molar-refractivity contribution in [2.24, 2.45) is 0 Å². The van der Waals surface area contributed by atoms with Crippen molar-refractivity contribution in [3.8, 4) is 28.6 Å². The zero-order valence-electron chi connectivity index (χ0n) is 16.0. The molecule has 1 aliphatic heterocycles. The summed E-state index contributed by atoms with van der Waals surface area (Å²) < 4.78 is 16.6. The van der Waals surface area contributed by atoms with Gasteiger partial charge in [-0.1, -0.05) is 0 Å². The van der Waals surface area contributed by atoms with Crippen LogP contribution in [-0.4, -0.2) is 68.0 Å². The molecule has 0 bridgehead atoms. The number of ether oxygens (including phenoxy) is 2. The van der Waals surface area contributed by atoms with Crippen LogP contribution in [-0.2, 0) is 4.74 Å². The molecule has 10 nitrogen and oxygen atoms in total. The summed E-state index contributed by atoms with van der Waals surface area (Å²) >= 11 is 0. The van der Waals surface area contributed by atoms with E-state index < -0.39 is 42.7 Å². The molecule has 3 aromatic rings. The van der Waals surface area contributed by atoms with Gasteiger partial charge in [0.05, 0.1) is 6.61 Å². The number of aliphatic hydroxyl groups is 4. The summed E-state index contributed by atoms with van der Waals surface area (Å²) in [6.07, 6.45) is -7.68. The lowest BCUT2D eigenvalue weighted by Crippen LogP contribution is -2.60. The molecule has 1 aliphatic rings. The van der Waals surface area contributed by atoms with Crippen molar-refractivity contribution in [3.05, 3.63) is 52.7 Å². The lowest BCUT2D eigenvalue weighted by molar-refractivity contribution is -0.277. The van der Waals surface area contributed by atoms with E-state index in [0.29, 0.717) is 5.56 Å². The first-order valence-corrected chi connectivity index (χ1v) is 9.36. The second kappa shape index (κ2) is 8.17. The molecule has 1 saturated heterocycles. The van der Waals surface area contributed by atoms with Crippen LogP contribution in [0.1, 0.15) is 0 Å². The van der Waals surface area contributed by atoms with Gasteiger partial charge in [0.1, 0.15) is 58.4 Å². The number of benzene rings is 2. The molecule has 5 atom stereocenters. The lowest BCUT2D eigenvalue weighted by Gasteiger charge is -2.39. The van der Waals surface area contributed by atoms with Gasteiger partial charge < -0.3 is 44.5 Å². The van der Waals surface area contributed by atoms with Crippen LogP contribution in [0.2, 0.25) is 0 Å². The van der Waals surface area contributed by atoms with Crippen LogP contribution in [0.3, 0.4) is 0 Å². The number of aliphatic hydroxyl groups excluding tert-OH is 4. The molecule has 2 heterocycles. The lowest BCUT2D eigenvalue weighted by atomic mass is 9.99. The molecule has 164 valence electrons. The van der Waals surface area contributed by atoms with E-state index >= 15 is 0 Å². The molecule has 0 aliphatic carbocycles. The molecular formula is C21H20O10. The summed E-state index contributed by atoms with van der Waals surface area (Å²) in [5.74, 6) is -0.273. The van der Waals surface area contributed by atoms with E-state index in [0.717, 1.165) is 6.07 Å². The topological polar surface area (TPSA) is 170 Å². The molecule has 1 aromatic heterocycles. The summed E-state index contributed by atoms with van der Waals surface area (Å²) in [7, 11) is 0. The Morgan fingerprint density at radius 3 is 2.29 bits per heavy atom. The number of phenolic OH excluding ortho intramolecular Hbond substituents is 2. The second-order valence-corrected chi connectivity index (χ2v) is 7.15. The van der Waals surface area contributed by atoms with E-state index in [9.17, 15) is 35.4 Å². The van der Waals surface area contributed by atoms with Gasteiger partial charge in [-0.05, 0) is 24.3 Å². The zero-order chi connectivity index (χ0) is 22.3. The van der Waals surface area contributed by atoms with Crippen molar-refractivity contribution in [1.82, 2.24) is 0 Å². The Labute approximate surface area is 174 Å². The highest BCUT2D eigenvalue weighted by Crippen LogP contribution is 2.34. The van der Waals surface area contributed by atoms with Gasteiger partial charge in [-0.25, -0.2) is 0 Å². The number of hydrogen-bond donors (Lipinski definition) is 6. The third kappa shape index (κ3) is 3.94. The molecule has 4 rings (SSSR count). The summed E-state index contributed by atoms with van der Waals surface area (Å²) in [5.41, 5.74) is -0.0318. The Balaban J connectivity index is 1.75.